The lowest BCUT2D eigenvalue weighted by atomic mass is 10.00. The van der Waals surface area contributed by atoms with Gasteiger partial charge in [-0.15, -0.1) is 0 Å². The number of carbonyl (C=O) groups is 2. The van der Waals surface area contributed by atoms with Gasteiger partial charge in [0, 0.05) is 12.7 Å². The van der Waals surface area contributed by atoms with Crippen LogP contribution in [0.5, 0.6) is 5.75 Å². The number of benzene rings is 2. The zero-order chi connectivity index (χ0) is 21.3. The van der Waals surface area contributed by atoms with Crippen molar-refractivity contribution in [2.24, 2.45) is 0 Å². The summed E-state index contributed by atoms with van der Waals surface area (Å²) < 4.78 is 7.62. The molecule has 1 aliphatic rings. The van der Waals surface area contributed by atoms with Crippen molar-refractivity contribution in [3.63, 3.8) is 0 Å². The summed E-state index contributed by atoms with van der Waals surface area (Å²) in [5, 5.41) is 7.09. The van der Waals surface area contributed by atoms with Crippen molar-refractivity contribution in [2.45, 2.75) is 32.9 Å². The van der Waals surface area contributed by atoms with Gasteiger partial charge in [-0.3, -0.25) is 14.3 Å². The Morgan fingerprint density at radius 3 is 2.77 bits per heavy atom. The van der Waals surface area contributed by atoms with Crippen LogP contribution in [0.3, 0.4) is 0 Å². The molecular formula is C23H24N4O3. The van der Waals surface area contributed by atoms with Crippen molar-refractivity contribution in [1.29, 1.82) is 0 Å². The smallest absolute Gasteiger partial charge is 0.280 e. The van der Waals surface area contributed by atoms with Crippen LogP contribution in [-0.2, 0) is 16.1 Å². The Morgan fingerprint density at radius 2 is 2.00 bits per heavy atom. The van der Waals surface area contributed by atoms with Crippen LogP contribution < -0.4 is 15.0 Å². The van der Waals surface area contributed by atoms with Gasteiger partial charge in [0.1, 0.15) is 5.75 Å². The highest BCUT2D eigenvalue weighted by Gasteiger charge is 2.50. The molecule has 0 aliphatic carbocycles. The normalized spacial score (nSPS) is 18.0. The lowest BCUT2D eigenvalue weighted by Crippen LogP contribution is -2.60. The van der Waals surface area contributed by atoms with Crippen molar-refractivity contribution >= 4 is 23.2 Å². The van der Waals surface area contributed by atoms with Gasteiger partial charge in [0.15, 0.2) is 0 Å². The summed E-state index contributed by atoms with van der Waals surface area (Å²) in [6, 6.07) is 15.4. The Kier molecular flexibility index (Phi) is 5.03. The SMILES string of the molecule is CCN1C(=O)C(C)(C(=O)Nc2cnn(Cc3cccc(C)c3)c2)Oc2ccccc21. The summed E-state index contributed by atoms with van der Waals surface area (Å²) >= 11 is 0. The highest BCUT2D eigenvalue weighted by atomic mass is 16.5. The first kappa shape index (κ1) is 19.7. The van der Waals surface area contributed by atoms with Crippen LogP contribution in [0.25, 0.3) is 0 Å². The maximum absolute atomic E-state index is 13.1. The molecule has 4 rings (SSSR count). The molecule has 1 aliphatic heterocycles. The summed E-state index contributed by atoms with van der Waals surface area (Å²) in [6.45, 7) is 6.43. The average molecular weight is 404 g/mol. The third-order valence-corrected chi connectivity index (χ3v) is 5.19. The zero-order valence-electron chi connectivity index (χ0n) is 17.3. The summed E-state index contributed by atoms with van der Waals surface area (Å²) in [6.07, 6.45) is 3.30. The molecule has 2 heterocycles. The topological polar surface area (TPSA) is 76.5 Å². The minimum atomic E-state index is -1.66. The van der Waals surface area contributed by atoms with E-state index in [1.807, 2.05) is 50.2 Å². The fraction of sp³-hybridized carbons (Fsp3) is 0.261. The molecule has 0 fully saturated rings. The minimum absolute atomic E-state index is 0.395. The third-order valence-electron chi connectivity index (χ3n) is 5.19. The van der Waals surface area contributed by atoms with Crippen LogP contribution in [0, 0.1) is 6.92 Å². The van der Waals surface area contributed by atoms with Crippen LogP contribution in [0.15, 0.2) is 60.9 Å². The molecule has 1 atom stereocenters. The first-order chi connectivity index (χ1) is 14.4. The summed E-state index contributed by atoms with van der Waals surface area (Å²) in [7, 11) is 0. The van der Waals surface area contributed by atoms with E-state index in [4.69, 9.17) is 4.74 Å². The first-order valence-electron chi connectivity index (χ1n) is 9.90. The summed E-state index contributed by atoms with van der Waals surface area (Å²) in [5.74, 6) is -0.421. The molecule has 2 aromatic carbocycles. The van der Waals surface area contributed by atoms with Crippen LogP contribution in [-0.4, -0.2) is 33.7 Å². The number of nitrogens with zero attached hydrogens (tertiary/aromatic N) is 3. The average Bonchev–Trinajstić information content (AvgIpc) is 3.15. The van der Waals surface area contributed by atoms with Gasteiger partial charge in [0.2, 0.25) is 0 Å². The van der Waals surface area contributed by atoms with E-state index in [1.165, 1.54) is 12.5 Å². The van der Waals surface area contributed by atoms with Gasteiger partial charge in [-0.25, -0.2) is 0 Å². The molecule has 0 saturated carbocycles. The predicted octanol–water partition coefficient (Wildman–Crippen LogP) is 3.38. The molecule has 0 bridgehead atoms. The summed E-state index contributed by atoms with van der Waals surface area (Å²) in [4.78, 5) is 27.7. The van der Waals surface area contributed by atoms with Crippen molar-refractivity contribution in [3.8, 4) is 5.75 Å². The fourth-order valence-electron chi connectivity index (χ4n) is 3.62. The second kappa shape index (κ2) is 7.67. The Bertz CT molecular complexity index is 1110. The standard InChI is InChI=1S/C23H24N4O3/c1-4-27-19-10-5-6-11-20(19)30-23(3,22(27)29)21(28)25-18-13-24-26(15-18)14-17-9-7-8-16(2)12-17/h5-13,15H,4,14H2,1-3H3,(H,25,28). The van der Waals surface area contributed by atoms with Gasteiger partial charge in [0.05, 0.1) is 24.1 Å². The van der Waals surface area contributed by atoms with E-state index < -0.39 is 17.4 Å². The van der Waals surface area contributed by atoms with Gasteiger partial charge in [-0.1, -0.05) is 42.0 Å². The highest BCUT2D eigenvalue weighted by molar-refractivity contribution is 6.19. The van der Waals surface area contributed by atoms with Gasteiger partial charge < -0.3 is 15.0 Å². The largest absolute Gasteiger partial charge is 0.465 e. The quantitative estimate of drug-likeness (QED) is 0.662. The Labute approximate surface area is 175 Å². The van der Waals surface area contributed by atoms with E-state index in [0.717, 1.165) is 5.56 Å². The molecular weight excluding hydrogens is 380 g/mol. The summed E-state index contributed by atoms with van der Waals surface area (Å²) in [5.41, 5.74) is 1.80. The fourth-order valence-corrected chi connectivity index (χ4v) is 3.62. The molecule has 0 radical (unpaired) electrons. The Morgan fingerprint density at radius 1 is 1.20 bits per heavy atom. The molecule has 0 saturated heterocycles. The number of rotatable bonds is 5. The number of carbonyl (C=O) groups excluding carboxylic acids is 2. The lowest BCUT2D eigenvalue weighted by Gasteiger charge is -2.39. The number of hydrogen-bond acceptors (Lipinski definition) is 4. The second-order valence-electron chi connectivity index (χ2n) is 7.52. The Hall–Kier alpha value is -3.61. The van der Waals surface area contributed by atoms with Crippen molar-refractivity contribution in [1.82, 2.24) is 9.78 Å². The van der Waals surface area contributed by atoms with Crippen molar-refractivity contribution < 1.29 is 14.3 Å². The number of anilines is 2. The van der Waals surface area contributed by atoms with Crippen LogP contribution in [0.1, 0.15) is 25.0 Å². The van der Waals surface area contributed by atoms with Crippen molar-refractivity contribution in [3.05, 3.63) is 72.1 Å². The molecule has 0 spiro atoms. The number of likely N-dealkylation sites (N-methyl/N-ethyl adjacent to an activating group) is 1. The van der Waals surface area contributed by atoms with E-state index >= 15 is 0 Å². The molecule has 2 amide bonds. The van der Waals surface area contributed by atoms with Gasteiger partial charge in [0.25, 0.3) is 17.4 Å². The lowest BCUT2D eigenvalue weighted by molar-refractivity contribution is -0.145. The van der Waals surface area contributed by atoms with E-state index in [0.29, 0.717) is 30.2 Å². The predicted molar refractivity (Wildman–Crippen MR) is 115 cm³/mol. The minimum Gasteiger partial charge on any atom is -0.465 e. The number of aromatic nitrogens is 2. The molecule has 1 N–H and O–H groups in total. The van der Waals surface area contributed by atoms with E-state index in [9.17, 15) is 9.59 Å². The molecule has 3 aromatic rings. The molecule has 154 valence electrons. The molecule has 7 nitrogen and oxygen atoms in total. The Balaban J connectivity index is 1.52. The number of ether oxygens (including phenoxy) is 1. The number of para-hydroxylation sites is 2. The maximum Gasteiger partial charge on any atom is 0.280 e. The van der Waals surface area contributed by atoms with E-state index in [1.54, 1.807) is 28.0 Å². The first-order valence-corrected chi connectivity index (χ1v) is 9.90. The number of hydrogen-bond donors (Lipinski definition) is 1. The van der Waals surface area contributed by atoms with Gasteiger partial charge in [-0.2, -0.15) is 5.10 Å². The zero-order valence-corrected chi connectivity index (χ0v) is 17.3. The van der Waals surface area contributed by atoms with Gasteiger partial charge >= 0.3 is 0 Å². The number of amides is 2. The van der Waals surface area contributed by atoms with Crippen LogP contribution >= 0.6 is 0 Å². The molecule has 1 unspecified atom stereocenters. The molecule has 1 aromatic heterocycles. The number of aryl methyl sites for hydroxylation is 1. The third kappa shape index (κ3) is 3.54. The van der Waals surface area contributed by atoms with Crippen LogP contribution in [0.2, 0.25) is 0 Å². The monoisotopic (exact) mass is 404 g/mol. The highest BCUT2D eigenvalue weighted by Crippen LogP contribution is 2.37. The van der Waals surface area contributed by atoms with E-state index in [2.05, 4.69) is 16.5 Å². The van der Waals surface area contributed by atoms with Crippen molar-refractivity contribution in [2.75, 3.05) is 16.8 Å². The van der Waals surface area contributed by atoms with E-state index in [-0.39, 0.29) is 0 Å². The maximum atomic E-state index is 13.1. The number of nitrogens with one attached hydrogen (secondary N) is 1. The second-order valence-corrected chi connectivity index (χ2v) is 7.52. The number of fused-ring (bicyclic) bond motifs is 1. The molecule has 30 heavy (non-hydrogen) atoms. The van der Waals surface area contributed by atoms with Crippen LogP contribution in [0.4, 0.5) is 11.4 Å². The van der Waals surface area contributed by atoms with Gasteiger partial charge in [-0.05, 0) is 38.5 Å². The molecule has 7 heteroatoms.